The average molecular weight is 628 g/mol. The number of halogens is 1. The first-order valence-corrected chi connectivity index (χ1v) is 14.0. The Kier molecular flexibility index (Phi) is 7.39. The van der Waals surface area contributed by atoms with Crippen molar-refractivity contribution in [2.24, 2.45) is 0 Å². The predicted octanol–water partition coefficient (Wildman–Crippen LogP) is 0.990. The van der Waals surface area contributed by atoms with Gasteiger partial charge in [-0.3, -0.25) is 19.2 Å². The third kappa shape index (κ3) is 5.25. The highest BCUT2D eigenvalue weighted by Crippen LogP contribution is 2.35. The maximum atomic E-state index is 14.4. The van der Waals surface area contributed by atoms with E-state index in [1.807, 2.05) is 0 Å². The zero-order valence-corrected chi connectivity index (χ0v) is 24.2. The average Bonchev–Trinajstić information content (AvgIpc) is 3.62. The molecule has 2 amide bonds. The predicted molar refractivity (Wildman–Crippen MR) is 163 cm³/mol. The molecular weight excluding hydrogens is 601 g/mol. The summed E-state index contributed by atoms with van der Waals surface area (Å²) in [5.74, 6) is -3.11. The molecule has 2 heterocycles. The van der Waals surface area contributed by atoms with Gasteiger partial charge in [-0.1, -0.05) is 12.1 Å². The molecule has 16 heteroatoms. The molecule has 1 aliphatic carbocycles. The molecule has 8 N–H and O–H groups in total. The van der Waals surface area contributed by atoms with E-state index in [1.54, 1.807) is 13.0 Å². The van der Waals surface area contributed by atoms with Crippen LogP contribution >= 0.6 is 0 Å². The molecule has 0 fully saturated rings. The number of aromatic nitrogens is 4. The molecule has 6 rings (SSSR count). The van der Waals surface area contributed by atoms with Gasteiger partial charge in [-0.2, -0.15) is 9.50 Å². The summed E-state index contributed by atoms with van der Waals surface area (Å²) in [4.78, 5) is 69.4. The van der Waals surface area contributed by atoms with Crippen molar-refractivity contribution in [1.29, 1.82) is 0 Å². The summed E-state index contributed by atoms with van der Waals surface area (Å²) in [6.07, 6.45) is 1.13. The van der Waals surface area contributed by atoms with Crippen molar-refractivity contribution in [3.8, 4) is 0 Å². The largest absolute Gasteiger partial charge is 0.478 e. The van der Waals surface area contributed by atoms with Crippen LogP contribution in [0.5, 0.6) is 0 Å². The first-order chi connectivity index (χ1) is 21.9. The molecule has 0 aliphatic heterocycles. The van der Waals surface area contributed by atoms with Gasteiger partial charge < -0.3 is 32.5 Å². The fourth-order valence-corrected chi connectivity index (χ4v) is 5.57. The molecule has 1 aliphatic rings. The number of carbonyl (C=O) groups is 3. The second-order valence-electron chi connectivity index (χ2n) is 10.8. The number of amides is 2. The minimum Gasteiger partial charge on any atom is -0.478 e. The minimum atomic E-state index is -1.02. The first-order valence-electron chi connectivity index (χ1n) is 14.0. The Bertz CT molecular complexity index is 2170. The zero-order chi connectivity index (χ0) is 32.9. The van der Waals surface area contributed by atoms with Crippen molar-refractivity contribution in [2.75, 3.05) is 16.8 Å². The molecule has 0 saturated heterocycles. The molecule has 0 bridgehead atoms. The van der Waals surface area contributed by atoms with Crippen LogP contribution in [0.3, 0.4) is 0 Å². The van der Waals surface area contributed by atoms with E-state index in [0.29, 0.717) is 24.0 Å². The van der Waals surface area contributed by atoms with Gasteiger partial charge in [-0.15, -0.1) is 5.10 Å². The Morgan fingerprint density at radius 1 is 1.04 bits per heavy atom. The number of carbonyl (C=O) groups excluding carboxylic acids is 2. The number of hydrogen-bond donors (Lipinski definition) is 6. The second-order valence-corrected chi connectivity index (χ2v) is 10.8. The van der Waals surface area contributed by atoms with E-state index < -0.39 is 40.5 Å². The first kappa shape index (κ1) is 29.9. The van der Waals surface area contributed by atoms with Crippen LogP contribution in [-0.4, -0.2) is 42.5 Å². The van der Waals surface area contributed by atoms with E-state index in [-0.39, 0.29) is 58.7 Å². The smallest absolute Gasteiger partial charge is 0.335 e. The number of nitrogens with two attached hydrogens (primary N) is 2. The van der Waals surface area contributed by atoms with Crippen molar-refractivity contribution >= 4 is 40.9 Å². The van der Waals surface area contributed by atoms with Gasteiger partial charge in [0.2, 0.25) is 5.95 Å². The molecule has 0 spiro atoms. The van der Waals surface area contributed by atoms with E-state index in [2.05, 4.69) is 31.0 Å². The van der Waals surface area contributed by atoms with Crippen molar-refractivity contribution in [2.45, 2.75) is 38.9 Å². The number of benzene rings is 2. The van der Waals surface area contributed by atoms with Gasteiger partial charge in [-0.05, 0) is 60.2 Å². The zero-order valence-electron chi connectivity index (χ0n) is 24.2. The molecule has 0 saturated carbocycles. The fraction of sp³-hybridized carbons (Fsp3) is 0.200. The standard InChI is InChI=1S/C30H26FN9O6/c1-12-15-5-7-19(17(15)4-3-16(12)28(45)46)36-26(43)20-9-21(40-30(37-20)38-29(33)39-40)27(44)35-10-13-2-6-18(31)14(8-13)11-34-23-22(32)24(41)25(23)42/h2-4,6,8-9,19,34H,5,7,10-11,32H2,1H3,(H2,33,39)(H,35,44)(H,36,43)(H,45,46)/t19-/m0/s1. The highest BCUT2D eigenvalue weighted by molar-refractivity contribution is 5.98. The number of nitrogens with zero attached hydrogens (tertiary/aromatic N) is 4. The Morgan fingerprint density at radius 3 is 2.57 bits per heavy atom. The summed E-state index contributed by atoms with van der Waals surface area (Å²) in [6, 6.07) is 8.17. The molecule has 3 aromatic carbocycles. The molecule has 0 radical (unpaired) electrons. The quantitative estimate of drug-likeness (QED) is 0.126. The second kappa shape index (κ2) is 11.4. The summed E-state index contributed by atoms with van der Waals surface area (Å²) < 4.78 is 15.5. The lowest BCUT2D eigenvalue weighted by atomic mass is 9.98. The Labute approximate surface area is 258 Å². The number of carboxylic acid groups (broad SMARTS) is 1. The minimum absolute atomic E-state index is 0.0551. The maximum absolute atomic E-state index is 14.4. The summed E-state index contributed by atoms with van der Waals surface area (Å²) in [5, 5.41) is 21.7. The topological polar surface area (TPSA) is 237 Å². The Hall–Kier alpha value is -6.19. The number of fused-ring (bicyclic) bond motifs is 2. The van der Waals surface area contributed by atoms with Crippen molar-refractivity contribution in [3.05, 3.63) is 107 Å². The van der Waals surface area contributed by atoms with Crippen LogP contribution in [0.2, 0.25) is 0 Å². The van der Waals surface area contributed by atoms with Gasteiger partial charge in [0, 0.05) is 24.7 Å². The van der Waals surface area contributed by atoms with Crippen LogP contribution in [0, 0.1) is 12.7 Å². The number of carboxylic acids is 1. The van der Waals surface area contributed by atoms with E-state index in [0.717, 1.165) is 15.6 Å². The number of anilines is 3. The molecule has 46 heavy (non-hydrogen) atoms. The van der Waals surface area contributed by atoms with Gasteiger partial charge in [0.1, 0.15) is 28.6 Å². The molecule has 5 aromatic rings. The lowest BCUT2D eigenvalue weighted by Crippen LogP contribution is -2.37. The van der Waals surface area contributed by atoms with Crippen molar-refractivity contribution < 1.29 is 23.9 Å². The SMILES string of the molecule is Cc1c(C(=O)O)ccc2c1CC[C@@H]2NC(=O)c1cc(C(=O)NCc2ccc(F)c(CNc3c(N)c(=O)c3=O)c2)n2nc(N)nc2n1. The normalized spacial score (nSPS) is 13.9. The van der Waals surface area contributed by atoms with Gasteiger partial charge >= 0.3 is 5.97 Å². The van der Waals surface area contributed by atoms with Crippen LogP contribution < -0.4 is 38.3 Å². The maximum Gasteiger partial charge on any atom is 0.335 e. The molecule has 2 aromatic heterocycles. The number of rotatable bonds is 9. The molecular formula is C30H26FN9O6. The number of nitrogens with one attached hydrogen (secondary N) is 3. The Morgan fingerprint density at radius 2 is 1.83 bits per heavy atom. The summed E-state index contributed by atoms with van der Waals surface area (Å²) in [7, 11) is 0. The van der Waals surface area contributed by atoms with E-state index in [4.69, 9.17) is 11.5 Å². The number of hydrogen-bond acceptors (Lipinski definition) is 11. The highest BCUT2D eigenvalue weighted by atomic mass is 19.1. The molecule has 234 valence electrons. The molecule has 0 unspecified atom stereocenters. The van der Waals surface area contributed by atoms with Crippen molar-refractivity contribution in [1.82, 2.24) is 30.2 Å². The highest BCUT2D eigenvalue weighted by Gasteiger charge is 2.29. The van der Waals surface area contributed by atoms with Gasteiger partial charge in [0.05, 0.1) is 11.6 Å². The van der Waals surface area contributed by atoms with Gasteiger partial charge in [-0.25, -0.2) is 14.2 Å². The summed E-state index contributed by atoms with van der Waals surface area (Å²) in [6.45, 7) is 1.55. The lowest BCUT2D eigenvalue weighted by Gasteiger charge is -2.16. The van der Waals surface area contributed by atoms with E-state index in [1.165, 1.54) is 30.3 Å². The summed E-state index contributed by atoms with van der Waals surface area (Å²) in [5.41, 5.74) is 12.4. The van der Waals surface area contributed by atoms with Crippen LogP contribution in [-0.2, 0) is 19.5 Å². The lowest BCUT2D eigenvalue weighted by molar-refractivity contribution is 0.0695. The third-order valence-electron chi connectivity index (χ3n) is 7.99. The Balaban J connectivity index is 1.19. The van der Waals surface area contributed by atoms with Crippen LogP contribution in [0.4, 0.5) is 21.7 Å². The van der Waals surface area contributed by atoms with Crippen LogP contribution in [0.1, 0.15) is 71.6 Å². The van der Waals surface area contributed by atoms with E-state index in [9.17, 15) is 33.5 Å². The number of aromatic carboxylic acids is 1. The van der Waals surface area contributed by atoms with Gasteiger partial charge in [0.25, 0.3) is 28.4 Å². The summed E-state index contributed by atoms with van der Waals surface area (Å²) >= 11 is 0. The molecule has 1 atom stereocenters. The van der Waals surface area contributed by atoms with Crippen LogP contribution in [0.25, 0.3) is 5.78 Å². The third-order valence-corrected chi connectivity index (χ3v) is 7.99. The number of nitrogen functional groups attached to an aromatic ring is 2. The van der Waals surface area contributed by atoms with Crippen LogP contribution in [0.15, 0.2) is 46.0 Å². The monoisotopic (exact) mass is 627 g/mol. The van der Waals surface area contributed by atoms with Gasteiger partial charge in [0.15, 0.2) is 0 Å². The molecule has 15 nitrogen and oxygen atoms in total. The van der Waals surface area contributed by atoms with Crippen molar-refractivity contribution in [3.63, 3.8) is 0 Å². The van der Waals surface area contributed by atoms with E-state index >= 15 is 0 Å². The fourth-order valence-electron chi connectivity index (χ4n) is 5.57.